The molecule has 0 aliphatic carbocycles. The summed E-state index contributed by atoms with van der Waals surface area (Å²) in [7, 11) is 0. The number of nitrogens with two attached hydrogens (primary N) is 1. The third kappa shape index (κ3) is 2.58. The number of carbonyl (C=O) groups is 2. The van der Waals surface area contributed by atoms with Crippen molar-refractivity contribution in [3.8, 4) is 0 Å². The van der Waals surface area contributed by atoms with Crippen LogP contribution in [0.3, 0.4) is 0 Å². The maximum absolute atomic E-state index is 11.9. The van der Waals surface area contributed by atoms with Gasteiger partial charge in [0, 0.05) is 32.2 Å². The summed E-state index contributed by atoms with van der Waals surface area (Å²) in [6.45, 7) is 4.86. The fraction of sp³-hybridized carbons (Fsp3) is 0.833. The van der Waals surface area contributed by atoms with E-state index < -0.39 is 0 Å². The topological polar surface area (TPSA) is 78.7 Å². The molecular weight excluding hydrogens is 232 g/mol. The Bertz CT molecular complexity index is 326. The van der Waals surface area contributed by atoms with Gasteiger partial charge in [0.25, 0.3) is 0 Å². The number of urea groups is 1. The molecule has 0 aromatic heterocycles. The lowest BCUT2D eigenvalue weighted by Crippen LogP contribution is -2.51. The van der Waals surface area contributed by atoms with Crippen molar-refractivity contribution in [1.29, 1.82) is 0 Å². The minimum atomic E-state index is -0.378. The van der Waals surface area contributed by atoms with E-state index in [9.17, 15) is 9.59 Å². The van der Waals surface area contributed by atoms with Gasteiger partial charge in [-0.15, -0.1) is 0 Å². The molecule has 1 atom stereocenters. The molecule has 18 heavy (non-hydrogen) atoms. The van der Waals surface area contributed by atoms with Crippen molar-refractivity contribution in [3.05, 3.63) is 0 Å². The van der Waals surface area contributed by atoms with Gasteiger partial charge >= 0.3 is 6.03 Å². The minimum absolute atomic E-state index is 0.0324. The first-order chi connectivity index (χ1) is 8.63. The molecule has 0 spiro atoms. The van der Waals surface area contributed by atoms with Crippen molar-refractivity contribution in [3.63, 3.8) is 0 Å². The van der Waals surface area contributed by atoms with E-state index in [-0.39, 0.29) is 24.0 Å². The van der Waals surface area contributed by atoms with Crippen LogP contribution in [0.2, 0.25) is 0 Å². The second kappa shape index (κ2) is 5.56. The molecule has 2 saturated heterocycles. The fourth-order valence-electron chi connectivity index (χ4n) is 2.64. The summed E-state index contributed by atoms with van der Waals surface area (Å²) in [5.74, 6) is 0.0434. The van der Waals surface area contributed by atoms with Gasteiger partial charge in [-0.2, -0.15) is 0 Å². The van der Waals surface area contributed by atoms with Gasteiger partial charge in [-0.05, 0) is 19.3 Å². The SMILES string of the molecule is CC[C@@H](N)C(=O)N1CCC(N2CCNC2=O)CC1. The number of piperidine rings is 1. The lowest BCUT2D eigenvalue weighted by atomic mass is 10.0. The van der Waals surface area contributed by atoms with Crippen LogP contribution in [0.5, 0.6) is 0 Å². The first kappa shape index (κ1) is 13.1. The molecule has 0 saturated carbocycles. The van der Waals surface area contributed by atoms with E-state index in [0.29, 0.717) is 19.5 Å². The molecule has 102 valence electrons. The highest BCUT2D eigenvalue weighted by atomic mass is 16.2. The quantitative estimate of drug-likeness (QED) is 0.728. The number of carbonyl (C=O) groups excluding carboxylic acids is 2. The van der Waals surface area contributed by atoms with Gasteiger partial charge in [0.2, 0.25) is 5.91 Å². The van der Waals surface area contributed by atoms with Crippen LogP contribution in [0.15, 0.2) is 0 Å². The van der Waals surface area contributed by atoms with E-state index in [2.05, 4.69) is 5.32 Å². The summed E-state index contributed by atoms with van der Waals surface area (Å²) in [5.41, 5.74) is 5.76. The Morgan fingerprint density at radius 1 is 1.44 bits per heavy atom. The second-order valence-corrected chi connectivity index (χ2v) is 5.00. The van der Waals surface area contributed by atoms with Gasteiger partial charge in [-0.1, -0.05) is 6.92 Å². The largest absolute Gasteiger partial charge is 0.341 e. The first-order valence-corrected chi connectivity index (χ1v) is 6.72. The van der Waals surface area contributed by atoms with E-state index in [4.69, 9.17) is 5.73 Å². The number of nitrogens with one attached hydrogen (secondary N) is 1. The number of hydrogen-bond acceptors (Lipinski definition) is 3. The Hall–Kier alpha value is -1.30. The average molecular weight is 254 g/mol. The molecule has 2 aliphatic heterocycles. The van der Waals surface area contributed by atoms with E-state index >= 15 is 0 Å². The van der Waals surface area contributed by atoms with Gasteiger partial charge in [-0.3, -0.25) is 4.79 Å². The molecule has 6 nitrogen and oxygen atoms in total. The van der Waals surface area contributed by atoms with Gasteiger partial charge in [0.05, 0.1) is 6.04 Å². The predicted octanol–water partition coefficient (Wildman–Crippen LogP) is -0.260. The molecule has 2 aliphatic rings. The maximum atomic E-state index is 11.9. The molecule has 0 radical (unpaired) electrons. The molecule has 2 heterocycles. The summed E-state index contributed by atoms with van der Waals surface area (Å²) in [6, 6.07) is -0.0731. The number of amides is 3. The number of hydrogen-bond donors (Lipinski definition) is 2. The summed E-state index contributed by atoms with van der Waals surface area (Å²) in [4.78, 5) is 27.2. The van der Waals surface area contributed by atoms with E-state index in [1.807, 2.05) is 16.7 Å². The van der Waals surface area contributed by atoms with Crippen molar-refractivity contribution in [2.75, 3.05) is 26.2 Å². The standard InChI is InChI=1S/C12H22N4O2/c1-2-10(13)11(17)15-6-3-9(4-7-15)16-8-5-14-12(16)18/h9-10H,2-8,13H2,1H3,(H,14,18)/t10-/m1/s1. The summed E-state index contributed by atoms with van der Waals surface area (Å²) in [6.07, 6.45) is 2.39. The zero-order chi connectivity index (χ0) is 13.1. The Kier molecular flexibility index (Phi) is 4.06. The monoisotopic (exact) mass is 254 g/mol. The Morgan fingerprint density at radius 2 is 2.11 bits per heavy atom. The van der Waals surface area contributed by atoms with Crippen LogP contribution in [0.1, 0.15) is 26.2 Å². The highest BCUT2D eigenvalue weighted by Crippen LogP contribution is 2.18. The molecule has 3 amide bonds. The average Bonchev–Trinajstić information content (AvgIpc) is 2.83. The van der Waals surface area contributed by atoms with Crippen molar-refractivity contribution >= 4 is 11.9 Å². The lowest BCUT2D eigenvalue weighted by Gasteiger charge is -2.37. The Balaban J connectivity index is 1.84. The Morgan fingerprint density at radius 3 is 2.61 bits per heavy atom. The second-order valence-electron chi connectivity index (χ2n) is 5.00. The van der Waals surface area contributed by atoms with E-state index in [1.165, 1.54) is 0 Å². The third-order valence-corrected chi connectivity index (χ3v) is 3.86. The van der Waals surface area contributed by atoms with Gasteiger partial charge in [0.1, 0.15) is 0 Å². The van der Waals surface area contributed by atoms with Gasteiger partial charge in [-0.25, -0.2) is 4.79 Å². The molecule has 6 heteroatoms. The third-order valence-electron chi connectivity index (χ3n) is 3.86. The van der Waals surface area contributed by atoms with Crippen LogP contribution >= 0.6 is 0 Å². The number of rotatable bonds is 3. The van der Waals surface area contributed by atoms with Gasteiger partial charge in [0.15, 0.2) is 0 Å². The maximum Gasteiger partial charge on any atom is 0.317 e. The Labute approximate surface area is 107 Å². The van der Waals surface area contributed by atoms with Crippen molar-refractivity contribution in [2.45, 2.75) is 38.3 Å². The minimum Gasteiger partial charge on any atom is -0.341 e. The van der Waals surface area contributed by atoms with Crippen LogP contribution in [0.4, 0.5) is 4.79 Å². The summed E-state index contributed by atoms with van der Waals surface area (Å²) >= 11 is 0. The highest BCUT2D eigenvalue weighted by Gasteiger charge is 2.32. The molecule has 0 aromatic rings. The van der Waals surface area contributed by atoms with Crippen LogP contribution in [-0.4, -0.2) is 60.0 Å². The summed E-state index contributed by atoms with van der Waals surface area (Å²) < 4.78 is 0. The number of nitrogens with zero attached hydrogens (tertiary/aromatic N) is 2. The molecular formula is C12H22N4O2. The molecule has 0 unspecified atom stereocenters. The van der Waals surface area contributed by atoms with Crippen molar-refractivity contribution in [2.24, 2.45) is 5.73 Å². The fourth-order valence-corrected chi connectivity index (χ4v) is 2.64. The predicted molar refractivity (Wildman–Crippen MR) is 68.0 cm³/mol. The van der Waals surface area contributed by atoms with Crippen LogP contribution in [-0.2, 0) is 4.79 Å². The zero-order valence-electron chi connectivity index (χ0n) is 10.9. The summed E-state index contributed by atoms with van der Waals surface area (Å²) in [5, 5.41) is 2.81. The molecule has 2 rings (SSSR count). The van der Waals surface area contributed by atoms with Crippen molar-refractivity contribution in [1.82, 2.24) is 15.1 Å². The van der Waals surface area contributed by atoms with Crippen molar-refractivity contribution < 1.29 is 9.59 Å². The first-order valence-electron chi connectivity index (χ1n) is 6.72. The van der Waals surface area contributed by atoms with E-state index in [0.717, 1.165) is 25.9 Å². The van der Waals surface area contributed by atoms with Crippen LogP contribution < -0.4 is 11.1 Å². The molecule has 0 bridgehead atoms. The van der Waals surface area contributed by atoms with Crippen LogP contribution in [0.25, 0.3) is 0 Å². The highest BCUT2D eigenvalue weighted by molar-refractivity contribution is 5.81. The van der Waals surface area contributed by atoms with E-state index in [1.54, 1.807) is 0 Å². The zero-order valence-corrected chi connectivity index (χ0v) is 10.9. The molecule has 2 fully saturated rings. The lowest BCUT2D eigenvalue weighted by molar-refractivity contribution is -0.134. The molecule has 0 aromatic carbocycles. The van der Waals surface area contributed by atoms with Crippen LogP contribution in [0, 0.1) is 0 Å². The number of likely N-dealkylation sites (tertiary alicyclic amines) is 1. The normalized spacial score (nSPS) is 23.1. The molecule has 3 N–H and O–H groups in total. The smallest absolute Gasteiger partial charge is 0.317 e. The van der Waals surface area contributed by atoms with Gasteiger partial charge < -0.3 is 20.9 Å².